The fraction of sp³-hybridized carbons (Fsp3) is 0.333. The van der Waals surface area contributed by atoms with E-state index in [0.29, 0.717) is 15.6 Å². The summed E-state index contributed by atoms with van der Waals surface area (Å²) in [6.45, 7) is 0.824. The van der Waals surface area contributed by atoms with Crippen molar-refractivity contribution in [1.29, 1.82) is 0 Å². The van der Waals surface area contributed by atoms with Crippen molar-refractivity contribution in [1.82, 2.24) is 14.5 Å². The van der Waals surface area contributed by atoms with Crippen LogP contribution < -0.4 is 9.62 Å². The van der Waals surface area contributed by atoms with Gasteiger partial charge >= 0.3 is 10.2 Å². The highest BCUT2D eigenvalue weighted by Gasteiger charge is 2.32. The average molecular weight is 519 g/mol. The number of amides is 2. The number of carbonyl (C=O) groups excluding carboxylic acids is 2. The molecule has 0 fully saturated rings. The van der Waals surface area contributed by atoms with Crippen LogP contribution in [-0.2, 0) is 26.3 Å². The summed E-state index contributed by atoms with van der Waals surface area (Å²) in [7, 11) is -0.0619. The maximum atomic E-state index is 13.4. The number of rotatable bonds is 9. The molecule has 33 heavy (non-hydrogen) atoms. The third kappa shape index (κ3) is 6.57. The topological polar surface area (TPSA) is 90.0 Å². The lowest BCUT2D eigenvalue weighted by atomic mass is 10.1. The van der Waals surface area contributed by atoms with E-state index in [0.717, 1.165) is 20.7 Å². The molecule has 0 saturated heterocycles. The molecule has 0 saturated carbocycles. The summed E-state index contributed by atoms with van der Waals surface area (Å²) in [6.07, 6.45) is 0. The molecule has 180 valence electrons. The zero-order valence-corrected chi connectivity index (χ0v) is 20.9. The molecule has 0 aliphatic heterocycles. The van der Waals surface area contributed by atoms with Gasteiger partial charge in [-0.25, -0.2) is 8.70 Å². The molecule has 0 bridgehead atoms. The SMILES string of the molecule is CNC(=O)[C@@H](C)N(Cc1ccc(Cl)cc1Cl)C(=O)CN(c1ccc(F)cc1)S(=O)(=O)N(C)C. The first-order valence-corrected chi connectivity index (χ1v) is 11.9. The maximum absolute atomic E-state index is 13.4. The van der Waals surface area contributed by atoms with Crippen molar-refractivity contribution in [2.45, 2.75) is 19.5 Å². The largest absolute Gasteiger partial charge is 0.357 e. The van der Waals surface area contributed by atoms with E-state index in [9.17, 15) is 22.4 Å². The second-order valence-electron chi connectivity index (χ2n) is 7.32. The molecule has 0 aliphatic rings. The van der Waals surface area contributed by atoms with Gasteiger partial charge in [0.1, 0.15) is 18.4 Å². The predicted octanol–water partition coefficient (Wildman–Crippen LogP) is 2.91. The molecule has 12 heteroatoms. The summed E-state index contributed by atoms with van der Waals surface area (Å²) in [6, 6.07) is 8.48. The standard InChI is InChI=1S/C21H25Cl2FN4O4S/c1-14(21(30)25-2)27(12-15-5-6-16(22)11-19(15)23)20(29)13-28(33(31,32)26(3)4)18-9-7-17(24)8-10-18/h5-11,14H,12-13H2,1-4H3,(H,25,30)/t14-/m1/s1. The van der Waals surface area contributed by atoms with Crippen LogP contribution in [0.3, 0.4) is 0 Å². The predicted molar refractivity (Wildman–Crippen MR) is 127 cm³/mol. The van der Waals surface area contributed by atoms with Crippen molar-refractivity contribution < 1.29 is 22.4 Å². The first kappa shape index (κ1) is 26.8. The molecular formula is C21H25Cl2FN4O4S. The third-order valence-electron chi connectivity index (χ3n) is 4.90. The number of carbonyl (C=O) groups is 2. The highest BCUT2D eigenvalue weighted by atomic mass is 35.5. The molecule has 0 heterocycles. The summed E-state index contributed by atoms with van der Waals surface area (Å²) in [5.74, 6) is -1.66. The Bertz CT molecular complexity index is 1110. The molecule has 1 N–H and O–H groups in total. The van der Waals surface area contributed by atoms with Crippen LogP contribution in [0.15, 0.2) is 42.5 Å². The van der Waals surface area contributed by atoms with E-state index >= 15 is 0 Å². The monoisotopic (exact) mass is 518 g/mol. The molecule has 2 aromatic rings. The van der Waals surface area contributed by atoms with Gasteiger partial charge in [0.25, 0.3) is 0 Å². The normalized spacial score (nSPS) is 12.4. The second kappa shape index (κ2) is 11.1. The van der Waals surface area contributed by atoms with Crippen LogP contribution in [0.25, 0.3) is 0 Å². The van der Waals surface area contributed by atoms with Crippen molar-refractivity contribution in [2.75, 3.05) is 32.0 Å². The Kier molecular flexibility index (Phi) is 9.07. The molecule has 0 spiro atoms. The van der Waals surface area contributed by atoms with Gasteiger partial charge in [0, 0.05) is 37.7 Å². The Morgan fingerprint density at radius 1 is 1.09 bits per heavy atom. The van der Waals surface area contributed by atoms with E-state index in [1.165, 1.54) is 51.2 Å². The van der Waals surface area contributed by atoms with E-state index in [1.54, 1.807) is 12.1 Å². The van der Waals surface area contributed by atoms with Gasteiger partial charge in [0.2, 0.25) is 11.8 Å². The molecule has 2 aromatic carbocycles. The average Bonchev–Trinajstić information content (AvgIpc) is 2.76. The smallest absolute Gasteiger partial charge is 0.304 e. The van der Waals surface area contributed by atoms with E-state index < -0.39 is 40.4 Å². The lowest BCUT2D eigenvalue weighted by Crippen LogP contribution is -2.52. The van der Waals surface area contributed by atoms with Crippen LogP contribution in [0.4, 0.5) is 10.1 Å². The fourth-order valence-corrected chi connectivity index (χ4v) is 4.47. The third-order valence-corrected chi connectivity index (χ3v) is 7.31. The molecule has 2 amide bonds. The van der Waals surface area contributed by atoms with Gasteiger partial charge in [-0.1, -0.05) is 29.3 Å². The van der Waals surface area contributed by atoms with Gasteiger partial charge in [0.15, 0.2) is 0 Å². The Morgan fingerprint density at radius 3 is 2.21 bits per heavy atom. The summed E-state index contributed by atoms with van der Waals surface area (Å²) in [4.78, 5) is 26.9. The Hall–Kier alpha value is -2.40. The van der Waals surface area contributed by atoms with Crippen LogP contribution >= 0.6 is 23.2 Å². The molecule has 1 atom stereocenters. The first-order valence-electron chi connectivity index (χ1n) is 9.79. The van der Waals surface area contributed by atoms with Crippen molar-refractivity contribution in [3.8, 4) is 0 Å². The van der Waals surface area contributed by atoms with Gasteiger partial charge in [-0.3, -0.25) is 9.59 Å². The van der Waals surface area contributed by atoms with E-state index in [2.05, 4.69) is 5.32 Å². The number of benzene rings is 2. The van der Waals surface area contributed by atoms with Gasteiger partial charge in [-0.05, 0) is 48.9 Å². The lowest BCUT2D eigenvalue weighted by Gasteiger charge is -2.32. The fourth-order valence-electron chi connectivity index (χ4n) is 2.95. The molecule has 8 nitrogen and oxygen atoms in total. The van der Waals surface area contributed by atoms with E-state index in [1.807, 2.05) is 0 Å². The number of nitrogens with one attached hydrogen (secondary N) is 1. The highest BCUT2D eigenvalue weighted by Crippen LogP contribution is 2.25. The number of anilines is 1. The lowest BCUT2D eigenvalue weighted by molar-refractivity contribution is -0.139. The van der Waals surface area contributed by atoms with Crippen molar-refractivity contribution in [3.05, 3.63) is 63.9 Å². The van der Waals surface area contributed by atoms with Crippen molar-refractivity contribution in [2.24, 2.45) is 0 Å². The molecule has 2 rings (SSSR count). The van der Waals surface area contributed by atoms with E-state index in [4.69, 9.17) is 23.2 Å². The van der Waals surface area contributed by atoms with Crippen molar-refractivity contribution in [3.63, 3.8) is 0 Å². The Morgan fingerprint density at radius 2 is 1.70 bits per heavy atom. The molecule has 0 aliphatic carbocycles. The number of likely N-dealkylation sites (N-methyl/N-ethyl adjacent to an activating group) is 1. The second-order valence-corrected chi connectivity index (χ2v) is 10.2. The minimum absolute atomic E-state index is 0.0668. The van der Waals surface area contributed by atoms with Gasteiger partial charge < -0.3 is 10.2 Å². The summed E-state index contributed by atoms with van der Waals surface area (Å²) >= 11 is 12.2. The Balaban J connectivity index is 2.47. The minimum atomic E-state index is -4.12. The van der Waals surface area contributed by atoms with Crippen LogP contribution in [-0.4, -0.2) is 63.2 Å². The maximum Gasteiger partial charge on any atom is 0.304 e. The van der Waals surface area contributed by atoms with Gasteiger partial charge in [-0.15, -0.1) is 0 Å². The van der Waals surface area contributed by atoms with Gasteiger partial charge in [-0.2, -0.15) is 12.7 Å². The number of hydrogen-bond acceptors (Lipinski definition) is 4. The molecule has 0 radical (unpaired) electrons. The Labute approximate surface area is 203 Å². The number of halogens is 3. The zero-order valence-electron chi connectivity index (χ0n) is 18.5. The first-order chi connectivity index (χ1) is 15.4. The molecule has 0 unspecified atom stereocenters. The van der Waals surface area contributed by atoms with Gasteiger partial charge in [0.05, 0.1) is 5.69 Å². The number of hydrogen-bond donors (Lipinski definition) is 1. The minimum Gasteiger partial charge on any atom is -0.357 e. The van der Waals surface area contributed by atoms with Crippen molar-refractivity contribution >= 4 is 50.9 Å². The molecular weight excluding hydrogens is 494 g/mol. The zero-order chi connectivity index (χ0) is 24.9. The quantitative estimate of drug-likeness (QED) is 0.552. The summed E-state index contributed by atoms with van der Waals surface area (Å²) in [5, 5.41) is 3.18. The van der Waals surface area contributed by atoms with Crippen LogP contribution in [0, 0.1) is 5.82 Å². The summed E-state index contributed by atoms with van der Waals surface area (Å²) < 4.78 is 41.1. The van der Waals surface area contributed by atoms with Crippen LogP contribution in [0.2, 0.25) is 10.0 Å². The summed E-state index contributed by atoms with van der Waals surface area (Å²) in [5.41, 5.74) is 0.615. The van der Waals surface area contributed by atoms with Crippen LogP contribution in [0.5, 0.6) is 0 Å². The number of nitrogens with zero attached hydrogens (tertiary/aromatic N) is 3. The highest BCUT2D eigenvalue weighted by molar-refractivity contribution is 7.90. The van der Waals surface area contributed by atoms with E-state index in [-0.39, 0.29) is 12.2 Å². The van der Waals surface area contributed by atoms with Crippen LogP contribution in [0.1, 0.15) is 12.5 Å². The molecule has 0 aromatic heterocycles.